The summed E-state index contributed by atoms with van der Waals surface area (Å²) in [5.74, 6) is 2.94. The molecule has 0 bridgehead atoms. The van der Waals surface area contributed by atoms with Crippen LogP contribution in [0.2, 0.25) is 10.0 Å². The van der Waals surface area contributed by atoms with E-state index in [-0.39, 0.29) is 82.8 Å². The number of nitrogen functional groups attached to an aromatic ring is 2. The number of sulfonamides is 4. The van der Waals surface area contributed by atoms with Crippen molar-refractivity contribution in [2.75, 3.05) is 75.7 Å². The average molecular weight is 2090 g/mol. The Hall–Kier alpha value is -14.0. The van der Waals surface area contributed by atoms with Gasteiger partial charge in [-0.1, -0.05) is 134 Å². The second-order valence-electron chi connectivity index (χ2n) is 39.5. The van der Waals surface area contributed by atoms with Crippen LogP contribution in [0.25, 0.3) is 22.4 Å². The molecule has 9 N–H and O–H groups in total. The average Bonchev–Trinajstić information content (AvgIpc) is 1.74. The Morgan fingerprint density at radius 3 is 1.42 bits per heavy atom. The van der Waals surface area contributed by atoms with Gasteiger partial charge in [0.15, 0.2) is 20.1 Å². The summed E-state index contributed by atoms with van der Waals surface area (Å²) in [6.07, 6.45) is 8.54. The van der Waals surface area contributed by atoms with Gasteiger partial charge in [-0.15, -0.1) is 0 Å². The minimum Gasteiger partial charge on any atom is -0.493 e. The zero-order chi connectivity index (χ0) is 105. The molecular weight excluding hydrogens is 1960 g/mol. The van der Waals surface area contributed by atoms with Gasteiger partial charge < -0.3 is 45.9 Å². The summed E-state index contributed by atoms with van der Waals surface area (Å²) >= 11 is 12.3. The molecule has 12 heterocycles. The monoisotopic (exact) mass is 2080 g/mol. The van der Waals surface area contributed by atoms with E-state index in [0.29, 0.717) is 130 Å². The molecule has 0 spiro atoms. The molecule has 4 aromatic carbocycles. The molecular formula is C105H120Cl2N20O14S4. The van der Waals surface area contributed by atoms with Crippen LogP contribution in [0.1, 0.15) is 194 Å². The lowest BCUT2D eigenvalue weighted by molar-refractivity contribution is 0.0972. The number of carbonyl (C=O) groups excluding carboxylic acids is 4. The van der Waals surface area contributed by atoms with Crippen molar-refractivity contribution in [2.24, 2.45) is 35.5 Å². The fourth-order valence-electron chi connectivity index (χ4n) is 18.1. The number of aryl methyl sites for hydroxylation is 1. The Balaban J connectivity index is 0.000000162. The number of halogens is 2. The molecule has 0 saturated carbocycles. The molecule has 145 heavy (non-hydrogen) atoms. The van der Waals surface area contributed by atoms with Crippen molar-refractivity contribution < 1.29 is 62.3 Å². The van der Waals surface area contributed by atoms with E-state index in [9.17, 15) is 58.1 Å². The number of amides is 4. The van der Waals surface area contributed by atoms with Crippen molar-refractivity contribution >= 4 is 133 Å². The van der Waals surface area contributed by atoms with Crippen LogP contribution in [-0.4, -0.2) is 153 Å². The molecule has 762 valence electrons. The normalized spacial score (nSPS) is 17.4. The largest absolute Gasteiger partial charge is 0.493 e. The van der Waals surface area contributed by atoms with Crippen LogP contribution in [0.3, 0.4) is 0 Å². The highest BCUT2D eigenvalue weighted by molar-refractivity contribution is 7.91. The number of nitrogens with one attached hydrogen (secondary N) is 5. The Bertz CT molecular complexity index is 7350. The van der Waals surface area contributed by atoms with Gasteiger partial charge in [0.1, 0.15) is 58.3 Å². The maximum Gasteiger partial charge on any atom is 0.281 e. The molecule has 5 atom stereocenters. The SMILES string of the molecule is CC1CN(c2ncc(-c3cc(Cl)cc(Cl)c3)cc2C(=O)NS(=O)(=O)c2cccc(N)n2)C(C)(C)C1.CC1CN(c2ncccc2C(=O)NS(=O)(=O)c2cccc(Nc3ccc(C(C)C)cc3)n2)C(C)(C)C1.CC1CN(c2ncccc2C(=O)NS(=O)(=O)c2cccc(Oc3ccccc3C#N)n2)C(C)(C)C1.Cc1cc(OCC(C)C)cc(-c2ccc(C(=O)NS(=O)(=O)c3cccc(N)n3)c(N3CCC(C)C(C)C3)n2)c1. The van der Waals surface area contributed by atoms with Gasteiger partial charge in [0.05, 0.1) is 40.1 Å². The smallest absolute Gasteiger partial charge is 0.281 e. The van der Waals surface area contributed by atoms with Crippen LogP contribution < -0.4 is 64.7 Å². The van der Waals surface area contributed by atoms with E-state index >= 15 is 0 Å². The van der Waals surface area contributed by atoms with E-state index in [1.165, 1.54) is 66.2 Å². The van der Waals surface area contributed by atoms with E-state index in [0.717, 1.165) is 54.8 Å². The third-order valence-electron chi connectivity index (χ3n) is 25.0. The van der Waals surface area contributed by atoms with Crippen molar-refractivity contribution in [1.82, 2.24) is 58.8 Å². The van der Waals surface area contributed by atoms with E-state index in [2.05, 4.69) is 173 Å². The lowest BCUT2D eigenvalue weighted by Gasteiger charge is -2.37. The topological polar surface area (TPSA) is 475 Å². The van der Waals surface area contributed by atoms with Crippen LogP contribution in [0.5, 0.6) is 17.4 Å². The second kappa shape index (κ2) is 45.1. The van der Waals surface area contributed by atoms with E-state index < -0.39 is 68.7 Å². The fraction of sp³-hybridized carbons (Fsp3) is 0.343. The van der Waals surface area contributed by atoms with Gasteiger partial charge in [-0.05, 0) is 278 Å². The Morgan fingerprint density at radius 1 is 0.476 bits per heavy atom. The molecule has 8 aromatic heterocycles. The van der Waals surface area contributed by atoms with Crippen LogP contribution >= 0.6 is 23.2 Å². The van der Waals surface area contributed by atoms with E-state index in [1.54, 1.807) is 116 Å². The van der Waals surface area contributed by atoms with E-state index in [1.807, 2.05) is 65.3 Å². The highest BCUT2D eigenvalue weighted by Gasteiger charge is 2.43. The van der Waals surface area contributed by atoms with Crippen molar-refractivity contribution in [2.45, 2.75) is 179 Å². The summed E-state index contributed by atoms with van der Waals surface area (Å²) in [5.41, 5.74) is 17.3. The third-order valence-corrected chi connectivity index (χ3v) is 30.4. The van der Waals surface area contributed by atoms with Gasteiger partial charge in [-0.2, -0.15) is 43.9 Å². The van der Waals surface area contributed by atoms with Crippen LogP contribution in [0.15, 0.2) is 239 Å². The van der Waals surface area contributed by atoms with Crippen LogP contribution in [0.4, 0.5) is 46.4 Å². The first-order chi connectivity index (χ1) is 68.3. The van der Waals surface area contributed by atoms with Crippen molar-refractivity contribution in [3.8, 4) is 45.8 Å². The second-order valence-corrected chi connectivity index (χ2v) is 46.9. The number of nitriles is 1. The Labute approximate surface area is 857 Å². The summed E-state index contributed by atoms with van der Waals surface area (Å²) in [4.78, 5) is 95.7. The number of hydrogen-bond donors (Lipinski definition) is 7. The van der Waals surface area contributed by atoms with Gasteiger partial charge >= 0.3 is 0 Å². The van der Waals surface area contributed by atoms with Gasteiger partial charge in [-0.3, -0.25) is 19.2 Å². The number of pyridine rings is 8. The number of nitrogens with two attached hydrogens (primary N) is 2. The highest BCUT2D eigenvalue weighted by atomic mass is 35.5. The molecule has 34 nitrogen and oxygen atoms in total. The number of carbonyl (C=O) groups is 4. The number of piperidine rings is 1. The number of anilines is 8. The van der Waals surface area contributed by atoms with Crippen molar-refractivity contribution in [3.63, 3.8) is 0 Å². The number of para-hydroxylation sites is 1. The Morgan fingerprint density at radius 2 is 0.945 bits per heavy atom. The zero-order valence-corrected chi connectivity index (χ0v) is 88.2. The number of ether oxygens (including phenoxy) is 2. The number of nitrogens with zero attached hydrogens (tertiary/aromatic N) is 13. The number of benzene rings is 4. The summed E-state index contributed by atoms with van der Waals surface area (Å²) < 4.78 is 124. The van der Waals surface area contributed by atoms with Gasteiger partial charge in [0.25, 0.3) is 63.7 Å². The summed E-state index contributed by atoms with van der Waals surface area (Å²) in [7, 11) is -17.1. The van der Waals surface area contributed by atoms with Crippen LogP contribution in [-0.2, 0) is 40.1 Å². The molecule has 40 heteroatoms. The van der Waals surface area contributed by atoms with Crippen LogP contribution in [0, 0.1) is 53.8 Å². The van der Waals surface area contributed by atoms with Crippen molar-refractivity contribution in [1.29, 1.82) is 5.26 Å². The standard InChI is InChI=1S/C29H37N5O4S.C27H33N5O3S.C25H25N5O4S.C24H25Cl2N5O3S/c1-18(2)17-38-23-14-19(3)13-22(15-23)25-10-9-24(28(31-25)34-12-11-20(4)21(5)16-34)29(35)33-39(36,37)27-8-6-7-26(30)32-27;1-18(2)20-11-13-21(14-12-20)29-23-9-6-10-24(30-23)36(34,35)31-26(33)22-8-7-15-28-25(22)32-17-19(3)16-27(32,4)5;1-17-14-25(2,3)30(16-17)23-19(9-7-13-27-23)24(31)29-35(32,33)22-12-6-11-21(28-22)34-20-10-5-4-8-18(20)15-26;1-14-11-24(2,3)31(13-14)22-19(9-16(12-28-22)15-7-17(25)10-18(26)8-15)23(32)30-35(33,34)21-6-4-5-20(27)29-21/h6-10,13-15,18,20-21H,11-12,16-17H2,1-5H3,(H2,30,32)(H,33,35);6-15,18-19H,16-17H2,1-5H3,(H,29,30)(H,31,33);4-13,17H,14,16H2,1-3H3,(H,29,31);4-10,12,14H,11,13H2,1-3H3,(H2,27,29)(H,30,32). The minimum atomic E-state index is -4.32. The quantitative estimate of drug-likeness (QED) is 0.0265. The maximum absolute atomic E-state index is 13.4. The first-order valence-electron chi connectivity index (χ1n) is 47.3. The molecule has 5 unspecified atom stereocenters. The fourth-order valence-corrected chi connectivity index (χ4v) is 22.3. The molecule has 4 fully saturated rings. The van der Waals surface area contributed by atoms with E-state index in [4.69, 9.17) is 49.1 Å². The maximum atomic E-state index is 13.4. The molecule has 4 saturated heterocycles. The first-order valence-corrected chi connectivity index (χ1v) is 54.0. The lowest BCUT2D eigenvalue weighted by Crippen LogP contribution is -2.41. The number of hydrogen-bond acceptors (Lipinski definition) is 30. The molecule has 16 rings (SSSR count). The highest BCUT2D eigenvalue weighted by Crippen LogP contribution is 2.43. The van der Waals surface area contributed by atoms with Gasteiger partial charge in [-0.25, -0.2) is 53.8 Å². The number of aromatic nitrogens is 8. The van der Waals surface area contributed by atoms with Gasteiger partial charge in [0.2, 0.25) is 5.88 Å². The Kier molecular flexibility index (Phi) is 33.7. The lowest BCUT2D eigenvalue weighted by atomic mass is 9.88. The molecule has 4 aliphatic rings. The molecule has 4 aliphatic heterocycles. The van der Waals surface area contributed by atoms with Crippen molar-refractivity contribution in [3.05, 3.63) is 268 Å². The summed E-state index contributed by atoms with van der Waals surface area (Å²) in [6, 6.07) is 55.9. The predicted octanol–water partition coefficient (Wildman–Crippen LogP) is 18.4. The molecule has 0 aliphatic carbocycles. The number of rotatable bonds is 26. The summed E-state index contributed by atoms with van der Waals surface area (Å²) in [5, 5.41) is 11.9. The molecule has 4 amide bonds. The zero-order valence-electron chi connectivity index (χ0n) is 83.5. The minimum absolute atomic E-state index is 0.0234. The summed E-state index contributed by atoms with van der Waals surface area (Å²) in [6.45, 7) is 37.8. The third kappa shape index (κ3) is 27.2. The molecule has 0 radical (unpaired) electrons. The molecule has 12 aromatic rings. The first kappa shape index (κ1) is 108. The van der Waals surface area contributed by atoms with Gasteiger partial charge in [0, 0.05) is 101 Å². The predicted molar refractivity (Wildman–Crippen MR) is 563 cm³/mol.